The van der Waals surface area contributed by atoms with Gasteiger partial charge in [-0.2, -0.15) is 0 Å². The molecule has 2 N–H and O–H groups in total. The highest BCUT2D eigenvalue weighted by Gasteiger charge is 2.24. The van der Waals surface area contributed by atoms with Crippen LogP contribution in [-0.2, 0) is 16.6 Å². The van der Waals surface area contributed by atoms with Crippen molar-refractivity contribution in [3.63, 3.8) is 0 Å². The predicted molar refractivity (Wildman–Crippen MR) is 74.2 cm³/mol. The molecule has 21 heavy (non-hydrogen) atoms. The van der Waals surface area contributed by atoms with Crippen LogP contribution in [0.15, 0.2) is 32.0 Å². The third-order valence-corrected chi connectivity index (χ3v) is 4.53. The first-order chi connectivity index (χ1) is 9.74. The number of hydrogen-bond acceptors (Lipinski definition) is 4. The van der Waals surface area contributed by atoms with Crippen LogP contribution in [0.25, 0.3) is 0 Å². The van der Waals surface area contributed by atoms with Gasteiger partial charge in [-0.15, -0.1) is 0 Å². The van der Waals surface area contributed by atoms with E-state index in [4.69, 9.17) is 9.52 Å². The van der Waals surface area contributed by atoms with E-state index in [9.17, 15) is 17.2 Å². The van der Waals surface area contributed by atoms with Gasteiger partial charge < -0.3 is 9.52 Å². The number of hydrogen-bond donors (Lipinski definition) is 2. The predicted octanol–water partition coefficient (Wildman–Crippen LogP) is 2.92. The Labute approximate surface area is 127 Å². The van der Waals surface area contributed by atoms with Crippen molar-refractivity contribution in [2.24, 2.45) is 0 Å². The van der Waals surface area contributed by atoms with Gasteiger partial charge in [-0.25, -0.2) is 17.2 Å². The summed E-state index contributed by atoms with van der Waals surface area (Å²) in [5, 5.41) is 8.92. The van der Waals surface area contributed by atoms with Crippen LogP contribution >= 0.6 is 15.9 Å². The monoisotopic (exact) mass is 381 g/mol. The van der Waals surface area contributed by atoms with Gasteiger partial charge in [0, 0.05) is 10.5 Å². The lowest BCUT2D eigenvalue weighted by Gasteiger charge is -2.09. The summed E-state index contributed by atoms with van der Waals surface area (Å²) in [6.45, 7) is 0.874. The Balaban J connectivity index is 2.44. The first-order valence-electron chi connectivity index (χ1n) is 5.62. The number of rotatable bonds is 4. The molecule has 0 saturated carbocycles. The van der Waals surface area contributed by atoms with E-state index in [2.05, 4.69) is 15.9 Å². The molecule has 0 aliphatic heterocycles. The highest BCUT2D eigenvalue weighted by Crippen LogP contribution is 2.28. The van der Waals surface area contributed by atoms with Crippen molar-refractivity contribution in [1.29, 1.82) is 0 Å². The molecule has 2 rings (SSSR count). The zero-order valence-corrected chi connectivity index (χ0v) is 13.1. The Bertz CT molecular complexity index is 766. The molecular weight excluding hydrogens is 372 g/mol. The second kappa shape index (κ2) is 5.74. The minimum atomic E-state index is -4.24. The number of anilines is 1. The Morgan fingerprint density at radius 3 is 2.33 bits per heavy atom. The normalized spacial score (nSPS) is 11.7. The maximum absolute atomic E-state index is 13.7. The maximum Gasteiger partial charge on any atom is 0.265 e. The van der Waals surface area contributed by atoms with Crippen LogP contribution in [0, 0.1) is 18.6 Å². The molecule has 0 unspecified atom stereocenters. The molecule has 1 aromatic carbocycles. The first kappa shape index (κ1) is 15.9. The van der Waals surface area contributed by atoms with E-state index in [1.807, 2.05) is 4.72 Å². The van der Waals surface area contributed by atoms with Crippen molar-refractivity contribution in [1.82, 2.24) is 0 Å². The van der Waals surface area contributed by atoms with Crippen LogP contribution in [0.1, 0.15) is 11.5 Å². The molecule has 5 nitrogen and oxygen atoms in total. The Morgan fingerprint density at radius 2 is 1.86 bits per heavy atom. The maximum atomic E-state index is 13.7. The highest BCUT2D eigenvalue weighted by molar-refractivity contribution is 9.10. The topological polar surface area (TPSA) is 79.5 Å². The van der Waals surface area contributed by atoms with Gasteiger partial charge >= 0.3 is 0 Å². The van der Waals surface area contributed by atoms with Gasteiger partial charge in [-0.3, -0.25) is 4.72 Å². The van der Waals surface area contributed by atoms with Gasteiger partial charge in [-0.05, 0) is 19.1 Å². The summed E-state index contributed by atoms with van der Waals surface area (Å²) >= 11 is 2.90. The summed E-state index contributed by atoms with van der Waals surface area (Å²) in [4.78, 5) is -0.298. The van der Waals surface area contributed by atoms with Crippen LogP contribution in [-0.4, -0.2) is 13.5 Å². The number of aliphatic hydroxyl groups is 1. The summed E-state index contributed by atoms with van der Waals surface area (Å²) in [5.41, 5.74) is -0.788. The largest absolute Gasteiger partial charge is 0.462 e. The fourth-order valence-electron chi connectivity index (χ4n) is 1.70. The molecule has 2 aromatic rings. The standard InChI is InChI=1S/C12H10BrF2NO4S/c1-6-11(4-8(5-17)20-6)21(18,19)16-12-9(14)2-7(13)3-10(12)15/h2-4,16-17H,5H2,1H3. The third kappa shape index (κ3) is 3.25. The summed E-state index contributed by atoms with van der Waals surface area (Å²) in [6, 6.07) is 2.96. The van der Waals surface area contributed by atoms with Crippen LogP contribution in [0.3, 0.4) is 0 Å². The van der Waals surface area contributed by atoms with E-state index < -0.39 is 34.0 Å². The minimum absolute atomic E-state index is 0.00415. The van der Waals surface area contributed by atoms with Gasteiger partial charge in [0.15, 0.2) is 11.6 Å². The van der Waals surface area contributed by atoms with Crippen molar-refractivity contribution in [2.75, 3.05) is 4.72 Å². The summed E-state index contributed by atoms with van der Waals surface area (Å²) in [7, 11) is -4.24. The lowest BCUT2D eigenvalue weighted by molar-refractivity contribution is 0.245. The smallest absolute Gasteiger partial charge is 0.265 e. The SMILES string of the molecule is Cc1oc(CO)cc1S(=O)(=O)Nc1c(F)cc(Br)cc1F. The molecule has 0 atom stereocenters. The number of furan rings is 1. The minimum Gasteiger partial charge on any atom is -0.462 e. The third-order valence-electron chi connectivity index (χ3n) is 2.61. The van der Waals surface area contributed by atoms with Crippen molar-refractivity contribution in [3.05, 3.63) is 45.8 Å². The van der Waals surface area contributed by atoms with Gasteiger partial charge in [0.2, 0.25) is 0 Å². The molecule has 9 heteroatoms. The summed E-state index contributed by atoms with van der Waals surface area (Å²) in [6.07, 6.45) is 0. The Morgan fingerprint density at radius 1 is 1.29 bits per heavy atom. The van der Waals surface area contributed by atoms with Crippen molar-refractivity contribution in [2.45, 2.75) is 18.4 Å². The molecule has 0 fully saturated rings. The second-order valence-corrected chi connectivity index (χ2v) is 6.71. The molecule has 0 bridgehead atoms. The number of nitrogens with one attached hydrogen (secondary N) is 1. The Hall–Kier alpha value is -1.45. The van der Waals surface area contributed by atoms with E-state index in [0.29, 0.717) is 0 Å². The zero-order chi connectivity index (χ0) is 15.8. The van der Waals surface area contributed by atoms with Crippen LogP contribution in [0.5, 0.6) is 0 Å². The van der Waals surface area contributed by atoms with E-state index in [1.165, 1.54) is 6.92 Å². The molecule has 0 radical (unpaired) electrons. The highest BCUT2D eigenvalue weighted by atomic mass is 79.9. The molecule has 0 aliphatic carbocycles. The number of aryl methyl sites for hydroxylation is 1. The zero-order valence-electron chi connectivity index (χ0n) is 10.7. The molecule has 0 aliphatic rings. The number of sulfonamides is 1. The molecule has 0 saturated heterocycles. The Kier molecular flexibility index (Phi) is 4.35. The quantitative estimate of drug-likeness (QED) is 0.853. The van der Waals surface area contributed by atoms with E-state index in [-0.39, 0.29) is 20.9 Å². The lowest BCUT2D eigenvalue weighted by Crippen LogP contribution is -2.15. The molecular formula is C12H10BrF2NO4S. The molecule has 1 aromatic heterocycles. The molecule has 1 heterocycles. The van der Waals surface area contributed by atoms with Crippen LogP contribution in [0.2, 0.25) is 0 Å². The van der Waals surface area contributed by atoms with Crippen molar-refractivity contribution < 1.29 is 26.7 Å². The lowest BCUT2D eigenvalue weighted by atomic mass is 10.3. The van der Waals surface area contributed by atoms with Gasteiger partial charge in [0.1, 0.15) is 28.7 Å². The summed E-state index contributed by atoms with van der Waals surface area (Å²) < 4.78 is 58.6. The van der Waals surface area contributed by atoms with Crippen molar-refractivity contribution >= 4 is 31.6 Å². The molecule has 0 spiro atoms. The molecule has 0 amide bonds. The fourth-order valence-corrected chi connectivity index (χ4v) is 3.38. The number of benzene rings is 1. The van der Waals surface area contributed by atoms with E-state index in [1.54, 1.807) is 0 Å². The van der Waals surface area contributed by atoms with E-state index in [0.717, 1.165) is 18.2 Å². The second-order valence-electron chi connectivity index (χ2n) is 4.14. The average Bonchev–Trinajstić information content (AvgIpc) is 2.76. The van der Waals surface area contributed by atoms with Crippen LogP contribution < -0.4 is 4.72 Å². The van der Waals surface area contributed by atoms with Gasteiger partial charge in [0.05, 0.1) is 0 Å². The van der Waals surface area contributed by atoms with E-state index >= 15 is 0 Å². The number of halogens is 3. The van der Waals surface area contributed by atoms with Gasteiger partial charge in [-0.1, -0.05) is 15.9 Å². The average molecular weight is 382 g/mol. The van der Waals surface area contributed by atoms with Gasteiger partial charge in [0.25, 0.3) is 10.0 Å². The molecule has 114 valence electrons. The van der Waals surface area contributed by atoms with Crippen molar-refractivity contribution in [3.8, 4) is 0 Å². The fraction of sp³-hybridized carbons (Fsp3) is 0.167. The van der Waals surface area contributed by atoms with Crippen LogP contribution in [0.4, 0.5) is 14.5 Å². The summed E-state index contributed by atoms with van der Waals surface area (Å²) in [5.74, 6) is -2.09. The number of aliphatic hydroxyl groups excluding tert-OH is 1. The first-order valence-corrected chi connectivity index (χ1v) is 7.89.